The first-order valence-corrected chi connectivity index (χ1v) is 8.72. The number of anilines is 1. The molecule has 0 fully saturated rings. The summed E-state index contributed by atoms with van der Waals surface area (Å²) in [5.74, 6) is 0.295. The molecule has 0 atom stereocenters. The lowest BCUT2D eigenvalue weighted by atomic mass is 10.1. The molecule has 2 amide bonds. The molecule has 0 aliphatic carbocycles. The third-order valence-electron chi connectivity index (χ3n) is 3.70. The zero-order valence-corrected chi connectivity index (χ0v) is 15.1. The van der Waals surface area contributed by atoms with Crippen LogP contribution in [0.4, 0.5) is 10.7 Å². The lowest BCUT2D eigenvalue weighted by Gasteiger charge is -2.07. The van der Waals surface area contributed by atoms with Crippen LogP contribution in [0.5, 0.6) is 0 Å². The highest BCUT2D eigenvalue weighted by atomic mass is 16.2. The lowest BCUT2D eigenvalue weighted by molar-refractivity contribution is 0.249. The molecule has 0 spiro atoms. The van der Waals surface area contributed by atoms with Gasteiger partial charge in [-0.05, 0) is 36.5 Å². The number of aliphatic hydroxyl groups is 1. The zero-order valence-electron chi connectivity index (χ0n) is 15.1. The van der Waals surface area contributed by atoms with Crippen LogP contribution in [0.15, 0.2) is 41.7 Å². The molecular weight excluding hydrogens is 346 g/mol. The van der Waals surface area contributed by atoms with Crippen molar-refractivity contribution in [1.82, 2.24) is 15.3 Å². The number of unbranched alkanes of at least 4 members (excludes halogenated alkanes) is 2. The first-order valence-electron chi connectivity index (χ1n) is 8.72. The van der Waals surface area contributed by atoms with Gasteiger partial charge >= 0.3 is 6.03 Å². The summed E-state index contributed by atoms with van der Waals surface area (Å²) in [7, 11) is 0. The molecule has 1 aromatic carbocycles. The number of aliphatic hydroxyl groups excluding tert-OH is 1. The number of carbonyl (C=O) groups excluding carboxylic acids is 1. The van der Waals surface area contributed by atoms with Gasteiger partial charge in [-0.15, -0.1) is 0 Å². The molecule has 27 heavy (non-hydrogen) atoms. The Morgan fingerprint density at radius 1 is 1.11 bits per heavy atom. The van der Waals surface area contributed by atoms with Crippen LogP contribution in [-0.4, -0.2) is 40.2 Å². The minimum Gasteiger partial charge on any atom is -0.396 e. The summed E-state index contributed by atoms with van der Waals surface area (Å²) in [6.07, 6.45) is 6.23. The maximum Gasteiger partial charge on any atom is 0.344 e. The Bertz CT molecular complexity index is 759. The number of aliphatic imine (C=N–C) groups is 1. The molecule has 1 heterocycles. The molecule has 2 rings (SSSR count). The predicted molar refractivity (Wildman–Crippen MR) is 105 cm³/mol. The number of hydrogen-bond acceptors (Lipinski definition) is 5. The summed E-state index contributed by atoms with van der Waals surface area (Å²) in [5.41, 5.74) is 13.0. The lowest BCUT2D eigenvalue weighted by Crippen LogP contribution is -2.28. The Balaban J connectivity index is 1.92. The first kappa shape index (κ1) is 20.1. The summed E-state index contributed by atoms with van der Waals surface area (Å²) in [6, 6.07) is 7.09. The minimum atomic E-state index is -0.585. The fourth-order valence-corrected chi connectivity index (χ4v) is 2.38. The van der Waals surface area contributed by atoms with Crippen molar-refractivity contribution in [1.29, 1.82) is 0 Å². The Morgan fingerprint density at radius 2 is 1.89 bits per heavy atom. The summed E-state index contributed by atoms with van der Waals surface area (Å²) in [5, 5.41) is 14.5. The van der Waals surface area contributed by atoms with Crippen molar-refractivity contribution in [3.8, 4) is 11.1 Å². The van der Waals surface area contributed by atoms with Gasteiger partial charge in [-0.3, -0.25) is 0 Å². The van der Waals surface area contributed by atoms with Gasteiger partial charge < -0.3 is 27.2 Å². The summed E-state index contributed by atoms with van der Waals surface area (Å²) in [6.45, 7) is 1.30. The van der Waals surface area contributed by atoms with E-state index in [1.54, 1.807) is 12.4 Å². The monoisotopic (exact) mass is 371 g/mol. The number of amides is 2. The summed E-state index contributed by atoms with van der Waals surface area (Å²) >= 11 is 0. The van der Waals surface area contributed by atoms with Crippen LogP contribution in [0.2, 0.25) is 0 Å². The topological polar surface area (TPSA) is 152 Å². The Morgan fingerprint density at radius 3 is 2.59 bits per heavy atom. The number of aromatic nitrogens is 2. The molecule has 7 N–H and O–H groups in total. The van der Waals surface area contributed by atoms with E-state index >= 15 is 0 Å². The Hall–Kier alpha value is -3.20. The molecule has 0 aliphatic rings. The maximum atomic E-state index is 11.5. The number of nitrogens with two attached hydrogens (primary N) is 2. The SMILES string of the molecule is NC(N)=NC(=O)NCc1cccc(-c2cnc(NCCCCCO)nc2)c1. The van der Waals surface area contributed by atoms with Crippen molar-refractivity contribution >= 4 is 17.9 Å². The highest BCUT2D eigenvalue weighted by Gasteiger charge is 2.04. The fourth-order valence-electron chi connectivity index (χ4n) is 2.38. The molecule has 2 aromatic rings. The number of nitrogens with zero attached hydrogens (tertiary/aromatic N) is 3. The third-order valence-corrected chi connectivity index (χ3v) is 3.70. The van der Waals surface area contributed by atoms with Crippen LogP contribution < -0.4 is 22.1 Å². The van der Waals surface area contributed by atoms with Gasteiger partial charge in [0.05, 0.1) is 0 Å². The normalized spacial score (nSPS) is 10.3. The average molecular weight is 371 g/mol. The number of carbonyl (C=O) groups is 1. The van der Waals surface area contributed by atoms with Crippen molar-refractivity contribution in [2.75, 3.05) is 18.5 Å². The van der Waals surface area contributed by atoms with E-state index in [1.165, 1.54) is 0 Å². The molecule has 0 aliphatic heterocycles. The van der Waals surface area contributed by atoms with E-state index in [0.29, 0.717) is 12.5 Å². The van der Waals surface area contributed by atoms with Gasteiger partial charge in [0.25, 0.3) is 0 Å². The Labute approximate surface area is 157 Å². The van der Waals surface area contributed by atoms with Crippen molar-refractivity contribution in [2.45, 2.75) is 25.8 Å². The van der Waals surface area contributed by atoms with Crippen LogP contribution >= 0.6 is 0 Å². The van der Waals surface area contributed by atoms with Crippen molar-refractivity contribution in [2.24, 2.45) is 16.5 Å². The second-order valence-electron chi connectivity index (χ2n) is 5.90. The predicted octanol–water partition coefficient (Wildman–Crippen LogP) is 1.20. The van der Waals surface area contributed by atoms with Crippen molar-refractivity contribution < 1.29 is 9.90 Å². The van der Waals surface area contributed by atoms with Crippen LogP contribution in [0, 0.1) is 0 Å². The molecule has 0 unspecified atom stereocenters. The van der Waals surface area contributed by atoms with Gasteiger partial charge in [0, 0.05) is 37.7 Å². The second kappa shape index (κ2) is 10.7. The van der Waals surface area contributed by atoms with Crippen molar-refractivity contribution in [3.05, 3.63) is 42.2 Å². The van der Waals surface area contributed by atoms with E-state index < -0.39 is 6.03 Å². The Kier molecular flexibility index (Phi) is 7.98. The number of benzene rings is 1. The molecule has 0 saturated heterocycles. The van der Waals surface area contributed by atoms with Crippen LogP contribution in [-0.2, 0) is 6.54 Å². The molecule has 0 radical (unpaired) electrons. The number of rotatable bonds is 9. The number of guanidine groups is 1. The van der Waals surface area contributed by atoms with Gasteiger partial charge in [-0.25, -0.2) is 14.8 Å². The largest absolute Gasteiger partial charge is 0.396 e. The standard InChI is InChI=1S/C18H25N7O2/c19-16(20)25-18(27)24-10-13-5-4-6-14(9-13)15-11-22-17(23-12-15)21-7-2-1-3-8-26/h4-6,9,11-12,26H,1-3,7-8,10H2,(H,21,22,23)(H5,19,20,24,25,27). The van der Waals surface area contributed by atoms with Gasteiger partial charge in [-0.2, -0.15) is 4.99 Å². The summed E-state index contributed by atoms with van der Waals surface area (Å²) < 4.78 is 0. The molecule has 9 heteroatoms. The van der Waals surface area contributed by atoms with Gasteiger partial charge in [0.15, 0.2) is 5.96 Å². The first-order chi connectivity index (χ1) is 13.1. The number of urea groups is 1. The zero-order chi connectivity index (χ0) is 19.5. The highest BCUT2D eigenvalue weighted by Crippen LogP contribution is 2.19. The van der Waals surface area contributed by atoms with E-state index in [0.717, 1.165) is 42.5 Å². The minimum absolute atomic E-state index is 0.224. The quantitative estimate of drug-likeness (QED) is 0.252. The summed E-state index contributed by atoms with van der Waals surface area (Å²) in [4.78, 5) is 23.5. The third kappa shape index (κ3) is 7.28. The van der Waals surface area contributed by atoms with E-state index in [2.05, 4.69) is 25.6 Å². The molecular formula is C18H25N7O2. The molecule has 0 bridgehead atoms. The maximum absolute atomic E-state index is 11.5. The van der Waals surface area contributed by atoms with Gasteiger partial charge in [0.1, 0.15) is 0 Å². The number of hydrogen-bond donors (Lipinski definition) is 5. The molecule has 9 nitrogen and oxygen atoms in total. The smallest absolute Gasteiger partial charge is 0.344 e. The van der Waals surface area contributed by atoms with E-state index in [-0.39, 0.29) is 12.6 Å². The van der Waals surface area contributed by atoms with E-state index in [9.17, 15) is 4.79 Å². The van der Waals surface area contributed by atoms with E-state index in [1.807, 2.05) is 24.3 Å². The van der Waals surface area contributed by atoms with E-state index in [4.69, 9.17) is 16.6 Å². The van der Waals surface area contributed by atoms with Crippen LogP contribution in [0.25, 0.3) is 11.1 Å². The van der Waals surface area contributed by atoms with Gasteiger partial charge in [0.2, 0.25) is 5.95 Å². The van der Waals surface area contributed by atoms with Crippen LogP contribution in [0.1, 0.15) is 24.8 Å². The molecule has 1 aromatic heterocycles. The number of nitrogens with one attached hydrogen (secondary N) is 2. The molecule has 0 saturated carbocycles. The molecule has 144 valence electrons. The highest BCUT2D eigenvalue weighted by molar-refractivity contribution is 5.90. The second-order valence-corrected chi connectivity index (χ2v) is 5.90. The van der Waals surface area contributed by atoms with Crippen molar-refractivity contribution in [3.63, 3.8) is 0 Å². The van der Waals surface area contributed by atoms with Gasteiger partial charge in [-0.1, -0.05) is 18.2 Å². The average Bonchev–Trinajstić information content (AvgIpc) is 2.66. The fraction of sp³-hybridized carbons (Fsp3) is 0.333. The van der Waals surface area contributed by atoms with Crippen LogP contribution in [0.3, 0.4) is 0 Å².